The lowest BCUT2D eigenvalue weighted by Crippen LogP contribution is -2.22. The first-order chi connectivity index (χ1) is 9.54. The predicted octanol–water partition coefficient (Wildman–Crippen LogP) is 5.16. The van der Waals surface area contributed by atoms with Crippen LogP contribution in [-0.4, -0.2) is 11.3 Å². The molecule has 1 nitrogen and oxygen atoms in total. The van der Waals surface area contributed by atoms with Crippen molar-refractivity contribution >= 4 is 11.8 Å². The molecule has 1 aromatic rings. The van der Waals surface area contributed by atoms with E-state index in [1.165, 1.54) is 41.7 Å². The first-order valence-corrected chi connectivity index (χ1v) is 8.92. The van der Waals surface area contributed by atoms with E-state index in [4.69, 9.17) is 0 Å². The van der Waals surface area contributed by atoms with Crippen LogP contribution in [0.25, 0.3) is 0 Å². The third kappa shape index (κ3) is 4.82. The van der Waals surface area contributed by atoms with Crippen molar-refractivity contribution in [1.29, 1.82) is 0 Å². The standard InChI is InChI=1S/C18H29NS/c1-13(2)19-12-16-10-15(4)8-9-18(16)20-17-7-5-6-14(3)11-17/h8-10,13-14,17,19H,5-7,11-12H2,1-4H3. The van der Waals surface area contributed by atoms with Crippen LogP contribution in [0, 0.1) is 12.8 Å². The summed E-state index contributed by atoms with van der Waals surface area (Å²) < 4.78 is 0. The SMILES string of the molecule is Cc1ccc(SC2CCCC(C)C2)c(CNC(C)C)c1. The maximum atomic E-state index is 3.56. The summed E-state index contributed by atoms with van der Waals surface area (Å²) in [6.07, 6.45) is 5.60. The molecule has 0 bridgehead atoms. The number of benzene rings is 1. The van der Waals surface area contributed by atoms with Gasteiger partial charge in [0.25, 0.3) is 0 Å². The van der Waals surface area contributed by atoms with E-state index in [-0.39, 0.29) is 0 Å². The molecule has 0 aliphatic heterocycles. The molecular formula is C18H29NS. The summed E-state index contributed by atoms with van der Waals surface area (Å²) in [6.45, 7) is 10.0. The van der Waals surface area contributed by atoms with Crippen LogP contribution >= 0.6 is 11.8 Å². The normalized spacial score (nSPS) is 23.2. The summed E-state index contributed by atoms with van der Waals surface area (Å²) in [6, 6.07) is 7.48. The minimum Gasteiger partial charge on any atom is -0.310 e. The van der Waals surface area contributed by atoms with Crippen molar-refractivity contribution in [3.8, 4) is 0 Å². The molecular weight excluding hydrogens is 262 g/mol. The zero-order chi connectivity index (χ0) is 14.5. The molecule has 0 radical (unpaired) electrons. The van der Waals surface area contributed by atoms with Crippen LogP contribution in [0.2, 0.25) is 0 Å². The molecule has 0 aromatic heterocycles. The smallest absolute Gasteiger partial charge is 0.0219 e. The van der Waals surface area contributed by atoms with E-state index in [0.717, 1.165) is 17.7 Å². The molecule has 1 saturated carbocycles. The van der Waals surface area contributed by atoms with E-state index in [1.807, 2.05) is 0 Å². The highest BCUT2D eigenvalue weighted by molar-refractivity contribution is 8.00. The van der Waals surface area contributed by atoms with Gasteiger partial charge in [-0.2, -0.15) is 0 Å². The van der Waals surface area contributed by atoms with Crippen molar-refractivity contribution in [1.82, 2.24) is 5.32 Å². The Labute approximate surface area is 128 Å². The molecule has 1 fully saturated rings. The first-order valence-electron chi connectivity index (χ1n) is 8.04. The van der Waals surface area contributed by atoms with Crippen LogP contribution in [-0.2, 0) is 6.54 Å². The molecule has 112 valence electrons. The Bertz CT molecular complexity index is 427. The van der Waals surface area contributed by atoms with Crippen LogP contribution in [0.1, 0.15) is 57.6 Å². The van der Waals surface area contributed by atoms with Crippen molar-refractivity contribution in [2.24, 2.45) is 5.92 Å². The van der Waals surface area contributed by atoms with E-state index in [0.29, 0.717) is 6.04 Å². The van der Waals surface area contributed by atoms with Gasteiger partial charge < -0.3 is 5.32 Å². The fourth-order valence-corrected chi connectivity index (χ4v) is 4.44. The summed E-state index contributed by atoms with van der Waals surface area (Å²) in [7, 11) is 0. The predicted molar refractivity (Wildman–Crippen MR) is 90.4 cm³/mol. The highest BCUT2D eigenvalue weighted by atomic mass is 32.2. The summed E-state index contributed by atoms with van der Waals surface area (Å²) in [5.41, 5.74) is 2.84. The molecule has 1 aliphatic rings. The molecule has 1 N–H and O–H groups in total. The Morgan fingerprint density at radius 1 is 1.30 bits per heavy atom. The lowest BCUT2D eigenvalue weighted by molar-refractivity contribution is 0.394. The third-order valence-electron chi connectivity index (χ3n) is 4.10. The highest BCUT2D eigenvalue weighted by Gasteiger charge is 2.20. The van der Waals surface area contributed by atoms with Gasteiger partial charge in [-0.1, -0.05) is 51.3 Å². The fraction of sp³-hybridized carbons (Fsp3) is 0.667. The number of thioether (sulfide) groups is 1. The average Bonchev–Trinajstić information content (AvgIpc) is 2.39. The number of nitrogens with one attached hydrogen (secondary N) is 1. The topological polar surface area (TPSA) is 12.0 Å². The van der Waals surface area contributed by atoms with Crippen LogP contribution in [0.4, 0.5) is 0 Å². The largest absolute Gasteiger partial charge is 0.310 e. The monoisotopic (exact) mass is 291 g/mol. The van der Waals surface area contributed by atoms with Gasteiger partial charge >= 0.3 is 0 Å². The lowest BCUT2D eigenvalue weighted by Gasteiger charge is -2.27. The Morgan fingerprint density at radius 2 is 2.10 bits per heavy atom. The van der Waals surface area contributed by atoms with Crippen LogP contribution in [0.3, 0.4) is 0 Å². The fourth-order valence-electron chi connectivity index (χ4n) is 2.94. The van der Waals surface area contributed by atoms with Gasteiger partial charge in [0.15, 0.2) is 0 Å². The second kappa shape index (κ2) is 7.51. The van der Waals surface area contributed by atoms with E-state index in [2.05, 4.69) is 63.0 Å². The van der Waals surface area contributed by atoms with Crippen molar-refractivity contribution < 1.29 is 0 Å². The zero-order valence-electron chi connectivity index (χ0n) is 13.4. The van der Waals surface area contributed by atoms with Gasteiger partial charge in [-0.05, 0) is 37.3 Å². The minimum absolute atomic E-state index is 0.545. The molecule has 0 amide bonds. The molecule has 20 heavy (non-hydrogen) atoms. The summed E-state index contributed by atoms with van der Waals surface area (Å²) >= 11 is 2.12. The molecule has 1 aromatic carbocycles. The van der Waals surface area contributed by atoms with E-state index < -0.39 is 0 Å². The van der Waals surface area contributed by atoms with E-state index >= 15 is 0 Å². The van der Waals surface area contributed by atoms with Gasteiger partial charge in [0.1, 0.15) is 0 Å². The molecule has 0 saturated heterocycles. The quantitative estimate of drug-likeness (QED) is 0.804. The molecule has 0 spiro atoms. The first kappa shape index (κ1) is 15.9. The molecule has 2 atom stereocenters. The average molecular weight is 292 g/mol. The molecule has 1 aliphatic carbocycles. The van der Waals surface area contributed by atoms with Crippen LogP contribution in [0.15, 0.2) is 23.1 Å². The van der Waals surface area contributed by atoms with Crippen LogP contribution < -0.4 is 5.32 Å². The summed E-state index contributed by atoms with van der Waals surface area (Å²) in [5, 5.41) is 4.38. The molecule has 2 rings (SSSR count). The second-order valence-corrected chi connectivity index (χ2v) is 8.00. The van der Waals surface area contributed by atoms with Crippen molar-refractivity contribution in [3.63, 3.8) is 0 Å². The number of aryl methyl sites for hydroxylation is 1. The Kier molecular flexibility index (Phi) is 5.98. The van der Waals surface area contributed by atoms with Gasteiger partial charge in [0.2, 0.25) is 0 Å². The van der Waals surface area contributed by atoms with Crippen molar-refractivity contribution in [3.05, 3.63) is 29.3 Å². The maximum absolute atomic E-state index is 3.56. The van der Waals surface area contributed by atoms with Crippen LogP contribution in [0.5, 0.6) is 0 Å². The van der Waals surface area contributed by atoms with Gasteiger partial charge in [-0.15, -0.1) is 11.8 Å². The lowest BCUT2D eigenvalue weighted by atomic mass is 9.91. The Hall–Kier alpha value is -0.470. The van der Waals surface area contributed by atoms with Crippen molar-refractivity contribution in [2.45, 2.75) is 76.1 Å². The van der Waals surface area contributed by atoms with Gasteiger partial charge in [0.05, 0.1) is 0 Å². The minimum atomic E-state index is 0.545. The number of hydrogen-bond acceptors (Lipinski definition) is 2. The molecule has 2 heteroatoms. The van der Waals surface area contributed by atoms with Gasteiger partial charge in [-0.25, -0.2) is 0 Å². The second-order valence-electron chi connectivity index (χ2n) is 6.66. The van der Waals surface area contributed by atoms with Crippen molar-refractivity contribution in [2.75, 3.05) is 0 Å². The third-order valence-corrected chi connectivity index (χ3v) is 5.51. The molecule has 2 unspecified atom stereocenters. The highest BCUT2D eigenvalue weighted by Crippen LogP contribution is 2.37. The summed E-state index contributed by atoms with van der Waals surface area (Å²) in [4.78, 5) is 1.49. The zero-order valence-corrected chi connectivity index (χ0v) is 14.2. The Balaban J connectivity index is 2.05. The maximum Gasteiger partial charge on any atom is 0.0219 e. The summed E-state index contributed by atoms with van der Waals surface area (Å²) in [5.74, 6) is 0.906. The number of rotatable bonds is 5. The Morgan fingerprint density at radius 3 is 2.80 bits per heavy atom. The van der Waals surface area contributed by atoms with E-state index in [1.54, 1.807) is 0 Å². The molecule has 0 heterocycles. The van der Waals surface area contributed by atoms with E-state index in [9.17, 15) is 0 Å². The van der Waals surface area contributed by atoms with Gasteiger partial charge in [0, 0.05) is 22.7 Å². The number of hydrogen-bond donors (Lipinski definition) is 1. The van der Waals surface area contributed by atoms with Gasteiger partial charge in [-0.3, -0.25) is 0 Å².